The van der Waals surface area contributed by atoms with Gasteiger partial charge in [-0.1, -0.05) is 46.8 Å². The van der Waals surface area contributed by atoms with Gasteiger partial charge in [0.25, 0.3) is 5.91 Å². The van der Waals surface area contributed by atoms with Gasteiger partial charge in [-0.05, 0) is 92.9 Å². The van der Waals surface area contributed by atoms with Crippen LogP contribution in [-0.4, -0.2) is 65.2 Å². The van der Waals surface area contributed by atoms with Crippen LogP contribution < -0.4 is 4.74 Å². The number of methoxy groups -OCH3 is 1. The predicted octanol–water partition coefficient (Wildman–Crippen LogP) is 7.29. The van der Waals surface area contributed by atoms with Crippen LogP contribution in [0.4, 0.5) is 0 Å². The van der Waals surface area contributed by atoms with E-state index in [2.05, 4.69) is 63.8 Å². The predicted molar refractivity (Wildman–Crippen MR) is 166 cm³/mol. The zero-order chi connectivity index (χ0) is 28.6. The Balaban J connectivity index is 1.68. The molecule has 0 unspecified atom stereocenters. The summed E-state index contributed by atoms with van der Waals surface area (Å²) in [5, 5.41) is 4.96. The minimum Gasteiger partial charge on any atom is -0.497 e. The molecule has 3 heterocycles. The van der Waals surface area contributed by atoms with Crippen molar-refractivity contribution in [2.45, 2.75) is 60.3 Å². The van der Waals surface area contributed by atoms with Gasteiger partial charge in [0.2, 0.25) is 0 Å². The molecule has 1 aliphatic rings. The first-order valence-electron chi connectivity index (χ1n) is 15.1. The Kier molecular flexibility index (Phi) is 10.4. The number of benzene rings is 1. The van der Waals surface area contributed by atoms with E-state index in [1.165, 1.54) is 12.8 Å². The molecule has 1 aromatic carbocycles. The maximum absolute atomic E-state index is 13.8. The number of carbonyl (C=O) groups is 1. The summed E-state index contributed by atoms with van der Waals surface area (Å²) in [6.45, 7) is 16.0. The molecule has 1 amide bonds. The number of nitrogens with zero attached hydrogens (tertiary/aromatic N) is 4. The van der Waals surface area contributed by atoms with Gasteiger partial charge in [0.1, 0.15) is 11.4 Å². The topological polar surface area (TPSA) is 50.1 Å². The smallest absolute Gasteiger partial charge is 0.253 e. The van der Waals surface area contributed by atoms with E-state index in [9.17, 15) is 4.79 Å². The van der Waals surface area contributed by atoms with Gasteiger partial charge in [0.05, 0.1) is 12.6 Å². The van der Waals surface area contributed by atoms with E-state index in [4.69, 9.17) is 9.84 Å². The highest BCUT2D eigenvalue weighted by atomic mass is 16.5. The Morgan fingerprint density at radius 3 is 2.30 bits per heavy atom. The number of piperidine rings is 1. The van der Waals surface area contributed by atoms with Gasteiger partial charge in [0.15, 0.2) is 0 Å². The molecule has 0 bridgehead atoms. The second-order valence-electron chi connectivity index (χ2n) is 12.3. The molecule has 4 rings (SSSR count). The Hall–Kier alpha value is -3.12. The summed E-state index contributed by atoms with van der Waals surface area (Å²) in [6.07, 6.45) is 10.9. The second kappa shape index (κ2) is 14.0. The highest BCUT2D eigenvalue weighted by Gasteiger charge is 2.20. The number of amides is 1. The van der Waals surface area contributed by atoms with E-state index in [-0.39, 0.29) is 5.91 Å². The van der Waals surface area contributed by atoms with E-state index in [0.717, 1.165) is 85.1 Å². The molecule has 1 aliphatic heterocycles. The summed E-state index contributed by atoms with van der Waals surface area (Å²) in [5.41, 5.74) is 4.65. The molecule has 1 fully saturated rings. The average molecular weight is 545 g/mol. The van der Waals surface area contributed by atoms with Gasteiger partial charge in [-0.25, -0.2) is 4.52 Å². The van der Waals surface area contributed by atoms with Crippen molar-refractivity contribution in [1.29, 1.82) is 0 Å². The highest BCUT2D eigenvalue weighted by molar-refractivity contribution is 5.96. The fourth-order valence-corrected chi connectivity index (χ4v) is 5.21. The molecule has 0 spiro atoms. The third kappa shape index (κ3) is 7.75. The largest absolute Gasteiger partial charge is 0.497 e. The maximum atomic E-state index is 13.8. The third-order valence-electron chi connectivity index (χ3n) is 8.05. The summed E-state index contributed by atoms with van der Waals surface area (Å²) < 4.78 is 7.29. The van der Waals surface area contributed by atoms with Crippen molar-refractivity contribution in [1.82, 2.24) is 19.4 Å². The summed E-state index contributed by atoms with van der Waals surface area (Å²) in [4.78, 5) is 18.3. The lowest BCUT2D eigenvalue weighted by Gasteiger charge is -2.29. The number of likely N-dealkylation sites (tertiary alicyclic amines) is 1. The van der Waals surface area contributed by atoms with Crippen LogP contribution in [0, 0.1) is 17.8 Å². The van der Waals surface area contributed by atoms with Gasteiger partial charge in [-0.15, -0.1) is 0 Å². The minimum atomic E-state index is 0.105. The molecule has 216 valence electrons. The number of aromatic nitrogens is 2. The fourth-order valence-electron chi connectivity index (χ4n) is 5.21. The van der Waals surface area contributed by atoms with Crippen molar-refractivity contribution >= 4 is 17.5 Å². The minimum absolute atomic E-state index is 0.105. The SMILES string of the molecule is COc1ccc(-c2nn3ccc(C(=O)N(CCC(C)C)CCC(C)C)cc3c2/C=C/CN2CCC(C)CC2)cc1. The van der Waals surface area contributed by atoms with Gasteiger partial charge in [0, 0.05) is 42.5 Å². The molecule has 0 radical (unpaired) electrons. The molecule has 0 N–H and O–H groups in total. The van der Waals surface area contributed by atoms with E-state index in [1.54, 1.807) is 7.11 Å². The number of carbonyl (C=O) groups excluding carboxylic acids is 1. The zero-order valence-corrected chi connectivity index (χ0v) is 25.4. The van der Waals surface area contributed by atoms with Crippen molar-refractivity contribution in [2.24, 2.45) is 17.8 Å². The van der Waals surface area contributed by atoms with Gasteiger partial charge >= 0.3 is 0 Å². The average Bonchev–Trinajstić information content (AvgIpc) is 3.31. The molecule has 0 aliphatic carbocycles. The molecular weight excluding hydrogens is 496 g/mol. The number of hydrogen-bond acceptors (Lipinski definition) is 4. The number of hydrogen-bond donors (Lipinski definition) is 0. The van der Waals surface area contributed by atoms with Crippen molar-refractivity contribution < 1.29 is 9.53 Å². The first kappa shape index (κ1) is 29.9. The molecule has 1 saturated heterocycles. The lowest BCUT2D eigenvalue weighted by atomic mass is 9.99. The zero-order valence-electron chi connectivity index (χ0n) is 25.4. The Labute approximate surface area is 241 Å². The monoisotopic (exact) mass is 544 g/mol. The molecule has 0 atom stereocenters. The fraction of sp³-hybridized carbons (Fsp3) is 0.529. The van der Waals surface area contributed by atoms with Gasteiger partial charge in [-0.3, -0.25) is 9.69 Å². The summed E-state index contributed by atoms with van der Waals surface area (Å²) in [6, 6.07) is 12.0. The summed E-state index contributed by atoms with van der Waals surface area (Å²) >= 11 is 0. The number of rotatable bonds is 12. The Bertz CT molecular complexity index is 1260. The molecule has 0 saturated carbocycles. The standard InChI is InChI=1S/C34H48N4O2/c1-25(2)13-21-37(22-14-26(3)4)34(39)29-17-23-38-32(24-29)31(8-7-18-36-19-15-27(5)16-20-36)33(35-38)28-9-11-30(40-6)12-10-28/h7-12,17,23-27H,13-16,18-22H2,1-6H3/b8-7+. The van der Waals surface area contributed by atoms with Crippen LogP contribution >= 0.6 is 0 Å². The quantitative estimate of drug-likeness (QED) is 0.240. The van der Waals surface area contributed by atoms with Crippen LogP contribution in [-0.2, 0) is 0 Å². The van der Waals surface area contributed by atoms with Crippen molar-refractivity contribution in [3.8, 4) is 17.0 Å². The lowest BCUT2D eigenvalue weighted by Crippen LogP contribution is -2.34. The van der Waals surface area contributed by atoms with Crippen LogP contribution in [0.3, 0.4) is 0 Å². The molecule has 40 heavy (non-hydrogen) atoms. The van der Waals surface area contributed by atoms with Crippen molar-refractivity contribution in [2.75, 3.05) is 39.8 Å². The highest BCUT2D eigenvalue weighted by Crippen LogP contribution is 2.30. The number of fused-ring (bicyclic) bond motifs is 1. The molecule has 6 nitrogen and oxygen atoms in total. The van der Waals surface area contributed by atoms with E-state index < -0.39 is 0 Å². The Morgan fingerprint density at radius 1 is 1.05 bits per heavy atom. The van der Waals surface area contributed by atoms with Crippen molar-refractivity contribution in [3.63, 3.8) is 0 Å². The molecule has 3 aromatic rings. The normalized spacial score (nSPS) is 15.1. The lowest BCUT2D eigenvalue weighted by molar-refractivity contribution is 0.0741. The van der Waals surface area contributed by atoms with Crippen LogP contribution in [0.5, 0.6) is 5.75 Å². The third-order valence-corrected chi connectivity index (χ3v) is 8.05. The summed E-state index contributed by atoms with van der Waals surface area (Å²) in [5.74, 6) is 2.85. The second-order valence-corrected chi connectivity index (χ2v) is 12.3. The van der Waals surface area contributed by atoms with E-state index in [1.807, 2.05) is 39.9 Å². The van der Waals surface area contributed by atoms with Crippen LogP contribution in [0.15, 0.2) is 48.7 Å². The number of ether oxygens (including phenoxy) is 1. The van der Waals surface area contributed by atoms with Crippen LogP contribution in [0.2, 0.25) is 0 Å². The van der Waals surface area contributed by atoms with Gasteiger partial charge in [-0.2, -0.15) is 5.10 Å². The molecule has 6 heteroatoms. The summed E-state index contributed by atoms with van der Waals surface area (Å²) in [7, 11) is 1.68. The Morgan fingerprint density at radius 2 is 1.70 bits per heavy atom. The van der Waals surface area contributed by atoms with E-state index in [0.29, 0.717) is 11.8 Å². The van der Waals surface area contributed by atoms with Crippen LogP contribution in [0.1, 0.15) is 76.2 Å². The molecule has 2 aromatic heterocycles. The maximum Gasteiger partial charge on any atom is 0.253 e. The van der Waals surface area contributed by atoms with Gasteiger partial charge < -0.3 is 9.64 Å². The van der Waals surface area contributed by atoms with Crippen LogP contribution in [0.25, 0.3) is 22.9 Å². The molecular formula is C34H48N4O2. The number of pyridine rings is 1. The van der Waals surface area contributed by atoms with E-state index >= 15 is 0 Å². The first-order chi connectivity index (χ1) is 19.2. The van der Waals surface area contributed by atoms with Crippen molar-refractivity contribution in [3.05, 3.63) is 59.8 Å². The first-order valence-corrected chi connectivity index (χ1v) is 15.1.